The average molecular weight is 205 g/mol. The van der Waals surface area contributed by atoms with E-state index in [0.29, 0.717) is 0 Å². The van der Waals surface area contributed by atoms with Crippen molar-refractivity contribution in [3.8, 4) is 0 Å². The topological polar surface area (TPSA) is 32.3 Å². The van der Waals surface area contributed by atoms with E-state index in [2.05, 4.69) is 36.5 Å². The lowest BCUT2D eigenvalue weighted by Gasteiger charge is -2.27. The normalized spacial score (nSPS) is 30.7. The van der Waals surface area contributed by atoms with Crippen molar-refractivity contribution in [2.45, 2.75) is 37.8 Å². The van der Waals surface area contributed by atoms with E-state index in [1.165, 1.54) is 5.56 Å². The first kappa shape index (κ1) is 10.7. The Bertz CT molecular complexity index is 312. The second kappa shape index (κ2) is 4.33. The molecule has 0 aromatic heterocycles. The van der Waals surface area contributed by atoms with Gasteiger partial charge in [0.05, 0.1) is 5.60 Å². The first-order valence-electron chi connectivity index (χ1n) is 5.70. The lowest BCUT2D eigenvalue weighted by Crippen LogP contribution is -2.40. The zero-order chi connectivity index (χ0) is 10.7. The molecule has 1 aromatic carbocycles. The van der Waals surface area contributed by atoms with E-state index < -0.39 is 5.60 Å². The molecule has 82 valence electrons. The van der Waals surface area contributed by atoms with Crippen molar-refractivity contribution < 1.29 is 5.11 Å². The van der Waals surface area contributed by atoms with Crippen LogP contribution in [0, 0.1) is 0 Å². The van der Waals surface area contributed by atoms with Gasteiger partial charge in [-0.2, -0.15) is 0 Å². The molecule has 2 rings (SSSR count). The van der Waals surface area contributed by atoms with E-state index in [9.17, 15) is 5.11 Å². The molecule has 15 heavy (non-hydrogen) atoms. The Labute approximate surface area is 91.3 Å². The first-order valence-corrected chi connectivity index (χ1v) is 5.70. The number of aliphatic hydroxyl groups is 1. The highest BCUT2D eigenvalue weighted by Gasteiger charge is 2.37. The third-order valence-corrected chi connectivity index (χ3v) is 3.50. The van der Waals surface area contributed by atoms with Crippen LogP contribution in [0.5, 0.6) is 0 Å². The monoisotopic (exact) mass is 205 g/mol. The van der Waals surface area contributed by atoms with Gasteiger partial charge < -0.3 is 10.4 Å². The fourth-order valence-electron chi connectivity index (χ4n) is 2.26. The van der Waals surface area contributed by atoms with Gasteiger partial charge in [-0.1, -0.05) is 30.3 Å². The van der Waals surface area contributed by atoms with Crippen molar-refractivity contribution in [3.63, 3.8) is 0 Å². The first-order chi connectivity index (χ1) is 7.21. The van der Waals surface area contributed by atoms with Gasteiger partial charge in [0.2, 0.25) is 0 Å². The van der Waals surface area contributed by atoms with Crippen molar-refractivity contribution in [1.29, 1.82) is 0 Å². The van der Waals surface area contributed by atoms with Crippen LogP contribution in [0.4, 0.5) is 0 Å². The Morgan fingerprint density at radius 1 is 1.40 bits per heavy atom. The maximum absolute atomic E-state index is 10.4. The molecule has 0 saturated carbocycles. The van der Waals surface area contributed by atoms with Gasteiger partial charge in [-0.05, 0) is 38.3 Å². The predicted octanol–water partition coefficient (Wildman–Crippen LogP) is 1.73. The highest BCUT2D eigenvalue weighted by molar-refractivity contribution is 5.15. The van der Waals surface area contributed by atoms with Gasteiger partial charge in [0.15, 0.2) is 0 Å². The van der Waals surface area contributed by atoms with Crippen LogP contribution in [0.3, 0.4) is 0 Å². The molecule has 2 heteroatoms. The number of hydrogen-bond acceptors (Lipinski definition) is 2. The fourth-order valence-corrected chi connectivity index (χ4v) is 2.26. The van der Waals surface area contributed by atoms with Crippen LogP contribution in [0.1, 0.15) is 25.3 Å². The summed E-state index contributed by atoms with van der Waals surface area (Å²) < 4.78 is 0. The maximum Gasteiger partial charge on any atom is 0.0812 e. The molecule has 2 nitrogen and oxygen atoms in total. The minimum Gasteiger partial charge on any atom is -0.388 e. The Kier molecular flexibility index (Phi) is 3.08. The molecule has 0 bridgehead atoms. The lowest BCUT2D eigenvalue weighted by molar-refractivity contribution is 0.0248. The third-order valence-electron chi connectivity index (χ3n) is 3.50. The summed E-state index contributed by atoms with van der Waals surface area (Å²) in [5, 5.41) is 13.7. The zero-order valence-corrected chi connectivity index (χ0v) is 9.24. The zero-order valence-electron chi connectivity index (χ0n) is 9.24. The molecule has 1 fully saturated rings. The van der Waals surface area contributed by atoms with Crippen LogP contribution in [0.2, 0.25) is 0 Å². The Morgan fingerprint density at radius 2 is 2.13 bits per heavy atom. The summed E-state index contributed by atoms with van der Waals surface area (Å²) in [6.45, 7) is 3.00. The van der Waals surface area contributed by atoms with E-state index in [1.807, 2.05) is 6.07 Å². The summed E-state index contributed by atoms with van der Waals surface area (Å²) in [5.41, 5.74) is 0.806. The SMILES string of the molecule is CC1NCCC1(O)CCc1ccccc1. The van der Waals surface area contributed by atoms with Crippen LogP contribution >= 0.6 is 0 Å². The Morgan fingerprint density at radius 3 is 2.73 bits per heavy atom. The van der Waals surface area contributed by atoms with Crippen molar-refractivity contribution in [2.75, 3.05) is 6.54 Å². The van der Waals surface area contributed by atoms with E-state index in [4.69, 9.17) is 0 Å². The lowest BCUT2D eigenvalue weighted by atomic mass is 9.89. The molecule has 2 atom stereocenters. The summed E-state index contributed by atoms with van der Waals surface area (Å²) in [4.78, 5) is 0. The average Bonchev–Trinajstić information content (AvgIpc) is 2.59. The molecule has 0 amide bonds. The predicted molar refractivity (Wildman–Crippen MR) is 61.8 cm³/mol. The highest BCUT2D eigenvalue weighted by atomic mass is 16.3. The quantitative estimate of drug-likeness (QED) is 0.787. The van der Waals surface area contributed by atoms with Crippen molar-refractivity contribution in [2.24, 2.45) is 0 Å². The summed E-state index contributed by atoms with van der Waals surface area (Å²) >= 11 is 0. The van der Waals surface area contributed by atoms with Gasteiger partial charge in [0.25, 0.3) is 0 Å². The summed E-state index contributed by atoms with van der Waals surface area (Å²) in [6, 6.07) is 10.6. The molecule has 2 unspecified atom stereocenters. The summed E-state index contributed by atoms with van der Waals surface area (Å²) in [7, 11) is 0. The molecule has 0 radical (unpaired) electrons. The number of benzene rings is 1. The molecule has 1 saturated heterocycles. The van der Waals surface area contributed by atoms with E-state index in [1.54, 1.807) is 0 Å². The highest BCUT2D eigenvalue weighted by Crippen LogP contribution is 2.26. The van der Waals surface area contributed by atoms with Gasteiger partial charge >= 0.3 is 0 Å². The van der Waals surface area contributed by atoms with Crippen LogP contribution < -0.4 is 5.32 Å². The molecule has 2 N–H and O–H groups in total. The Hall–Kier alpha value is -0.860. The molecular weight excluding hydrogens is 186 g/mol. The Balaban J connectivity index is 1.93. The fraction of sp³-hybridized carbons (Fsp3) is 0.538. The molecular formula is C13H19NO. The molecule has 1 aliphatic rings. The standard InChI is InChI=1S/C13H19NO/c1-11-13(15,9-10-14-11)8-7-12-5-3-2-4-6-12/h2-6,11,14-15H,7-10H2,1H3. The van der Waals surface area contributed by atoms with Gasteiger partial charge in [0, 0.05) is 6.04 Å². The second-order valence-corrected chi connectivity index (χ2v) is 4.51. The largest absolute Gasteiger partial charge is 0.388 e. The van der Waals surface area contributed by atoms with E-state index in [-0.39, 0.29) is 6.04 Å². The molecule has 1 aliphatic heterocycles. The summed E-state index contributed by atoms with van der Waals surface area (Å²) in [6.07, 6.45) is 2.69. The number of hydrogen-bond donors (Lipinski definition) is 2. The van der Waals surface area contributed by atoms with Crippen molar-refractivity contribution >= 4 is 0 Å². The summed E-state index contributed by atoms with van der Waals surface area (Å²) in [5.74, 6) is 0. The number of nitrogens with one attached hydrogen (secondary N) is 1. The smallest absolute Gasteiger partial charge is 0.0812 e. The van der Waals surface area contributed by atoms with Gasteiger partial charge in [-0.25, -0.2) is 0 Å². The minimum atomic E-state index is -0.504. The second-order valence-electron chi connectivity index (χ2n) is 4.51. The maximum atomic E-state index is 10.4. The van der Waals surface area contributed by atoms with Crippen molar-refractivity contribution in [3.05, 3.63) is 35.9 Å². The molecule has 0 spiro atoms. The van der Waals surface area contributed by atoms with Crippen LogP contribution in [0.25, 0.3) is 0 Å². The van der Waals surface area contributed by atoms with Crippen LogP contribution in [-0.2, 0) is 6.42 Å². The van der Waals surface area contributed by atoms with Crippen LogP contribution in [-0.4, -0.2) is 23.3 Å². The van der Waals surface area contributed by atoms with Crippen molar-refractivity contribution in [1.82, 2.24) is 5.32 Å². The van der Waals surface area contributed by atoms with Gasteiger partial charge in [-0.3, -0.25) is 0 Å². The minimum absolute atomic E-state index is 0.223. The molecule has 1 aromatic rings. The third kappa shape index (κ3) is 2.39. The molecule has 1 heterocycles. The van der Waals surface area contributed by atoms with Gasteiger partial charge in [-0.15, -0.1) is 0 Å². The van der Waals surface area contributed by atoms with E-state index in [0.717, 1.165) is 25.8 Å². The van der Waals surface area contributed by atoms with Gasteiger partial charge in [0.1, 0.15) is 0 Å². The number of rotatable bonds is 3. The molecule has 0 aliphatic carbocycles. The van der Waals surface area contributed by atoms with Crippen LogP contribution in [0.15, 0.2) is 30.3 Å². The number of aryl methyl sites for hydroxylation is 1. The van der Waals surface area contributed by atoms with E-state index >= 15 is 0 Å².